The molecule has 0 aromatic rings. The molecule has 2 rings (SSSR count). The lowest BCUT2D eigenvalue weighted by atomic mass is 9.96. The van der Waals surface area contributed by atoms with Crippen LogP contribution < -0.4 is 0 Å². The molecule has 2 aliphatic rings. The summed E-state index contributed by atoms with van der Waals surface area (Å²) in [4.78, 5) is 95.9. The summed E-state index contributed by atoms with van der Waals surface area (Å²) in [6.45, 7) is 5.87. The first-order valence-corrected chi connectivity index (χ1v) is 15.3. The van der Waals surface area contributed by atoms with E-state index in [9.17, 15) is 38.4 Å². The Hall–Kier alpha value is -4.40. The topological polar surface area (TPSA) is 258 Å². The summed E-state index contributed by atoms with van der Waals surface area (Å²) in [7, 11) is 0. The second kappa shape index (κ2) is 19.7. The zero-order valence-corrected chi connectivity index (χ0v) is 28.5. The van der Waals surface area contributed by atoms with Gasteiger partial charge < -0.3 is 57.2 Å². The number of esters is 7. The normalized spacial score (nSPS) is 29.0. The van der Waals surface area contributed by atoms with Crippen LogP contribution in [-0.2, 0) is 90.5 Å². The molecule has 0 aromatic heterocycles. The SMILES string of the molecule is CC(=O)OC[C@H]1O[C@@H](O[C@H]2[C@H](OC(C)=O)[C@@H](OC(C)=O)[C@H](OCCCC(=O)O)O[C@@H]2COC(C)=O)[C@H](OC(C)=O)[C@@H](OC(C)=O)[C@H]1OC(C)=O. The van der Waals surface area contributed by atoms with Gasteiger partial charge in [0.25, 0.3) is 0 Å². The van der Waals surface area contributed by atoms with Gasteiger partial charge in [-0.05, 0) is 6.42 Å². The molecule has 10 atom stereocenters. The summed E-state index contributed by atoms with van der Waals surface area (Å²) in [5.74, 6) is -7.19. The monoisotopic (exact) mass is 722 g/mol. The largest absolute Gasteiger partial charge is 0.481 e. The van der Waals surface area contributed by atoms with E-state index in [1.807, 2.05) is 0 Å². The third-order valence-corrected chi connectivity index (χ3v) is 6.70. The minimum atomic E-state index is -1.83. The molecule has 20 nitrogen and oxygen atoms in total. The number of ether oxygens (including phenoxy) is 11. The van der Waals surface area contributed by atoms with Crippen molar-refractivity contribution in [2.45, 2.75) is 123 Å². The minimum absolute atomic E-state index is 0.000499. The van der Waals surface area contributed by atoms with Crippen LogP contribution in [0.5, 0.6) is 0 Å². The van der Waals surface area contributed by atoms with Gasteiger partial charge in [-0.1, -0.05) is 0 Å². The lowest BCUT2D eigenvalue weighted by molar-refractivity contribution is -0.361. The van der Waals surface area contributed by atoms with E-state index in [0.717, 1.165) is 48.5 Å². The Morgan fingerprint density at radius 2 is 0.880 bits per heavy atom. The van der Waals surface area contributed by atoms with Gasteiger partial charge in [0.05, 0.1) is 6.61 Å². The highest BCUT2D eigenvalue weighted by Gasteiger charge is 2.57. The van der Waals surface area contributed by atoms with E-state index in [1.165, 1.54) is 0 Å². The quantitative estimate of drug-likeness (QED) is 0.119. The molecule has 0 radical (unpaired) electrons. The number of rotatable bonds is 16. The third kappa shape index (κ3) is 13.5. The maximum Gasteiger partial charge on any atom is 0.303 e. The first-order chi connectivity index (χ1) is 23.4. The number of carboxylic acids is 1. The zero-order valence-electron chi connectivity index (χ0n) is 28.5. The Balaban J connectivity index is 2.69. The fraction of sp³-hybridized carbons (Fsp3) is 0.733. The van der Waals surface area contributed by atoms with Crippen LogP contribution in [0.3, 0.4) is 0 Å². The molecule has 0 amide bonds. The molecule has 2 fully saturated rings. The highest BCUT2D eigenvalue weighted by atomic mass is 16.8. The highest BCUT2D eigenvalue weighted by Crippen LogP contribution is 2.35. The predicted molar refractivity (Wildman–Crippen MR) is 156 cm³/mol. The smallest absolute Gasteiger partial charge is 0.303 e. The molecular weight excluding hydrogens is 680 g/mol. The molecular formula is C30H42O20. The number of carbonyl (C=O) groups is 8. The van der Waals surface area contributed by atoms with Crippen LogP contribution in [0.25, 0.3) is 0 Å². The van der Waals surface area contributed by atoms with Crippen LogP contribution in [0.4, 0.5) is 0 Å². The van der Waals surface area contributed by atoms with Crippen LogP contribution in [0.1, 0.15) is 61.3 Å². The molecule has 2 heterocycles. The van der Waals surface area contributed by atoms with E-state index in [0.29, 0.717) is 0 Å². The van der Waals surface area contributed by atoms with E-state index < -0.39 is 122 Å². The fourth-order valence-electron chi connectivity index (χ4n) is 5.03. The third-order valence-electron chi connectivity index (χ3n) is 6.70. The standard InChI is InChI=1S/C30H42O20/c1-13(31)41-11-20-23(43-15(3)33)25(44-16(4)34)28(47-19(7)37)30(49-20)50-24-21(12-42-14(2)32)48-29(40-10-8-9-22(38)39)27(46-18(6)36)26(24)45-17(5)35/h20-21,23-30H,8-12H2,1-7H3,(H,38,39)/t20-,21-,23+,24-,25+,26+,27-,28-,29-,30+/m1/s1. The van der Waals surface area contributed by atoms with Crippen molar-refractivity contribution in [2.75, 3.05) is 19.8 Å². The van der Waals surface area contributed by atoms with Crippen molar-refractivity contribution in [3.63, 3.8) is 0 Å². The number of aliphatic carboxylic acids is 1. The lowest BCUT2D eigenvalue weighted by Crippen LogP contribution is -2.67. The van der Waals surface area contributed by atoms with E-state index >= 15 is 0 Å². The molecule has 0 spiro atoms. The van der Waals surface area contributed by atoms with Gasteiger partial charge in [0.15, 0.2) is 43.1 Å². The number of hydrogen-bond donors (Lipinski definition) is 1. The van der Waals surface area contributed by atoms with Gasteiger partial charge in [-0.2, -0.15) is 0 Å². The Labute approximate surface area is 286 Å². The van der Waals surface area contributed by atoms with Crippen LogP contribution in [-0.4, -0.2) is 134 Å². The average molecular weight is 723 g/mol. The molecule has 282 valence electrons. The second-order valence-corrected chi connectivity index (χ2v) is 11.0. The van der Waals surface area contributed by atoms with Crippen LogP contribution in [0.2, 0.25) is 0 Å². The summed E-state index contributed by atoms with van der Waals surface area (Å²) in [6.07, 6.45) is -16.2. The number of hydrogen-bond acceptors (Lipinski definition) is 19. The van der Waals surface area contributed by atoms with Gasteiger partial charge in [-0.15, -0.1) is 0 Å². The highest BCUT2D eigenvalue weighted by molar-refractivity contribution is 5.69. The Morgan fingerprint density at radius 1 is 0.500 bits per heavy atom. The van der Waals surface area contributed by atoms with Crippen molar-refractivity contribution in [3.8, 4) is 0 Å². The van der Waals surface area contributed by atoms with Gasteiger partial charge in [-0.25, -0.2) is 0 Å². The Morgan fingerprint density at radius 3 is 1.32 bits per heavy atom. The Kier molecular flexibility index (Phi) is 16.5. The van der Waals surface area contributed by atoms with Crippen molar-refractivity contribution >= 4 is 47.8 Å². The van der Waals surface area contributed by atoms with Crippen molar-refractivity contribution < 1.29 is 95.6 Å². The maximum absolute atomic E-state index is 12.4. The van der Waals surface area contributed by atoms with E-state index in [2.05, 4.69) is 0 Å². The molecule has 0 aromatic carbocycles. The van der Waals surface area contributed by atoms with Gasteiger partial charge in [0.1, 0.15) is 31.5 Å². The van der Waals surface area contributed by atoms with E-state index in [-0.39, 0.29) is 19.4 Å². The van der Waals surface area contributed by atoms with Crippen molar-refractivity contribution in [1.29, 1.82) is 0 Å². The van der Waals surface area contributed by atoms with Crippen molar-refractivity contribution in [1.82, 2.24) is 0 Å². The molecule has 1 N–H and O–H groups in total. The van der Waals surface area contributed by atoms with Crippen molar-refractivity contribution in [2.24, 2.45) is 0 Å². The molecule has 20 heteroatoms. The average Bonchev–Trinajstić information content (AvgIpc) is 2.97. The summed E-state index contributed by atoms with van der Waals surface area (Å²) < 4.78 is 61.3. The van der Waals surface area contributed by atoms with Crippen LogP contribution in [0.15, 0.2) is 0 Å². The molecule has 0 aliphatic carbocycles. The molecule has 2 saturated heterocycles. The van der Waals surface area contributed by atoms with Gasteiger partial charge in [0, 0.05) is 54.9 Å². The first-order valence-electron chi connectivity index (χ1n) is 15.3. The fourth-order valence-corrected chi connectivity index (χ4v) is 5.03. The summed E-state index contributed by atoms with van der Waals surface area (Å²) >= 11 is 0. The number of carbonyl (C=O) groups excluding carboxylic acids is 7. The van der Waals surface area contributed by atoms with E-state index in [1.54, 1.807) is 0 Å². The van der Waals surface area contributed by atoms with Crippen molar-refractivity contribution in [3.05, 3.63) is 0 Å². The summed E-state index contributed by atoms with van der Waals surface area (Å²) in [5, 5.41) is 9.00. The van der Waals surface area contributed by atoms with Crippen LogP contribution >= 0.6 is 0 Å². The van der Waals surface area contributed by atoms with Crippen LogP contribution in [0, 0.1) is 0 Å². The first kappa shape index (κ1) is 41.8. The summed E-state index contributed by atoms with van der Waals surface area (Å²) in [5.41, 5.74) is 0. The predicted octanol–water partition coefficient (Wildman–Crippen LogP) is -0.512. The summed E-state index contributed by atoms with van der Waals surface area (Å²) in [6, 6.07) is 0. The Bertz CT molecular complexity index is 1250. The van der Waals surface area contributed by atoms with Gasteiger partial charge in [-0.3, -0.25) is 38.4 Å². The van der Waals surface area contributed by atoms with Gasteiger partial charge in [0.2, 0.25) is 0 Å². The second-order valence-electron chi connectivity index (χ2n) is 11.0. The molecule has 0 saturated carbocycles. The number of carboxylic acid groups (broad SMARTS) is 1. The molecule has 0 unspecified atom stereocenters. The zero-order chi connectivity index (χ0) is 37.7. The lowest BCUT2D eigenvalue weighted by Gasteiger charge is -2.48. The molecule has 2 aliphatic heterocycles. The van der Waals surface area contributed by atoms with Gasteiger partial charge >= 0.3 is 47.8 Å². The minimum Gasteiger partial charge on any atom is -0.481 e. The van der Waals surface area contributed by atoms with E-state index in [4.69, 9.17) is 57.2 Å². The molecule has 50 heavy (non-hydrogen) atoms. The maximum atomic E-state index is 12.4. The molecule has 0 bridgehead atoms.